The molecule has 0 spiro atoms. The summed E-state index contributed by atoms with van der Waals surface area (Å²) in [4.78, 5) is 18.3. The molecule has 1 amide bonds. The molecule has 0 bridgehead atoms. The average molecular weight is 316 g/mol. The van der Waals surface area contributed by atoms with Gasteiger partial charge in [-0.25, -0.2) is 4.98 Å². The predicted molar refractivity (Wildman–Crippen MR) is 84.1 cm³/mol. The van der Waals surface area contributed by atoms with Gasteiger partial charge in [-0.15, -0.1) is 0 Å². The molecule has 5 nitrogen and oxygen atoms in total. The molecule has 0 aliphatic rings. The van der Waals surface area contributed by atoms with E-state index in [2.05, 4.69) is 4.98 Å². The zero-order valence-electron chi connectivity index (χ0n) is 11.9. The lowest BCUT2D eigenvalue weighted by molar-refractivity contribution is 0.0777. The summed E-state index contributed by atoms with van der Waals surface area (Å²) >= 11 is 6.11. The predicted octanol–water partition coefficient (Wildman–Crippen LogP) is 2.97. The summed E-state index contributed by atoms with van der Waals surface area (Å²) in [5.74, 6) is -0.0988. The molecule has 3 rings (SSSR count). The van der Waals surface area contributed by atoms with Crippen LogP contribution in [0.5, 0.6) is 5.75 Å². The lowest BCUT2D eigenvalue weighted by Gasteiger charge is -2.17. The van der Waals surface area contributed by atoms with Crippen molar-refractivity contribution >= 4 is 23.2 Å². The highest BCUT2D eigenvalue weighted by molar-refractivity contribution is 6.32. The quantitative estimate of drug-likeness (QED) is 0.808. The minimum absolute atomic E-state index is 0.159. The summed E-state index contributed by atoms with van der Waals surface area (Å²) in [6.45, 7) is 0.280. The molecule has 112 valence electrons. The van der Waals surface area contributed by atoms with Gasteiger partial charge < -0.3 is 10.0 Å². The maximum atomic E-state index is 12.7. The second kappa shape index (κ2) is 5.69. The SMILES string of the molecule is CN(Cc1ccccc1O)C(=O)c1c(Cl)nc2ccccn12. The lowest BCUT2D eigenvalue weighted by atomic mass is 10.2. The number of nitrogens with zero attached hydrogens (tertiary/aromatic N) is 3. The Morgan fingerprint density at radius 3 is 2.77 bits per heavy atom. The van der Waals surface area contributed by atoms with Crippen LogP contribution in [-0.4, -0.2) is 32.3 Å². The summed E-state index contributed by atoms with van der Waals surface area (Å²) in [7, 11) is 1.66. The van der Waals surface area contributed by atoms with Crippen LogP contribution in [0.2, 0.25) is 5.15 Å². The molecule has 2 heterocycles. The van der Waals surface area contributed by atoms with E-state index >= 15 is 0 Å². The van der Waals surface area contributed by atoms with Crippen LogP contribution < -0.4 is 0 Å². The number of carbonyl (C=O) groups excluding carboxylic acids is 1. The topological polar surface area (TPSA) is 57.8 Å². The standard InChI is InChI=1S/C16H14ClN3O2/c1-19(10-11-6-2-3-7-12(11)21)16(22)14-15(17)18-13-8-4-5-9-20(13)14/h2-9,21H,10H2,1H3. The van der Waals surface area contributed by atoms with Crippen molar-refractivity contribution < 1.29 is 9.90 Å². The molecular weight excluding hydrogens is 302 g/mol. The summed E-state index contributed by atoms with van der Waals surface area (Å²) in [5.41, 5.74) is 1.60. The van der Waals surface area contributed by atoms with Gasteiger partial charge in [-0.2, -0.15) is 0 Å². The number of hydrogen-bond donors (Lipinski definition) is 1. The van der Waals surface area contributed by atoms with E-state index in [4.69, 9.17) is 11.6 Å². The molecule has 0 atom stereocenters. The number of pyridine rings is 1. The summed E-state index contributed by atoms with van der Waals surface area (Å²) in [5, 5.41) is 9.98. The van der Waals surface area contributed by atoms with E-state index in [-0.39, 0.29) is 23.4 Å². The van der Waals surface area contributed by atoms with Crippen LogP contribution in [0.1, 0.15) is 16.1 Å². The fourth-order valence-corrected chi connectivity index (χ4v) is 2.57. The van der Waals surface area contributed by atoms with Crippen LogP contribution in [0.4, 0.5) is 0 Å². The molecule has 0 saturated heterocycles. The number of carbonyl (C=O) groups is 1. The van der Waals surface area contributed by atoms with E-state index in [0.717, 1.165) is 0 Å². The van der Waals surface area contributed by atoms with Crippen molar-refractivity contribution in [1.29, 1.82) is 0 Å². The number of aromatic hydroxyl groups is 1. The Morgan fingerprint density at radius 2 is 2.00 bits per heavy atom. The van der Waals surface area contributed by atoms with E-state index in [9.17, 15) is 9.90 Å². The highest BCUT2D eigenvalue weighted by atomic mass is 35.5. The number of para-hydroxylation sites is 1. The normalized spacial score (nSPS) is 10.8. The second-order valence-corrected chi connectivity index (χ2v) is 5.33. The van der Waals surface area contributed by atoms with Crippen LogP contribution in [-0.2, 0) is 6.54 Å². The summed E-state index contributed by atoms with van der Waals surface area (Å²) < 4.78 is 1.66. The van der Waals surface area contributed by atoms with Crippen LogP contribution in [0.25, 0.3) is 5.65 Å². The van der Waals surface area contributed by atoms with Crippen LogP contribution >= 0.6 is 11.6 Å². The second-order valence-electron chi connectivity index (χ2n) is 4.97. The van der Waals surface area contributed by atoms with Gasteiger partial charge in [0.25, 0.3) is 5.91 Å². The smallest absolute Gasteiger partial charge is 0.274 e. The van der Waals surface area contributed by atoms with Gasteiger partial charge in [0, 0.05) is 25.4 Å². The molecule has 22 heavy (non-hydrogen) atoms. The third-order valence-electron chi connectivity index (χ3n) is 3.44. The van der Waals surface area contributed by atoms with Crippen molar-refractivity contribution in [3.8, 4) is 5.75 Å². The minimum Gasteiger partial charge on any atom is -0.508 e. The third kappa shape index (κ3) is 2.51. The van der Waals surface area contributed by atoms with Crippen molar-refractivity contribution in [3.05, 3.63) is 65.1 Å². The number of aromatic nitrogens is 2. The molecule has 0 aliphatic heterocycles. The Labute approximate surface area is 132 Å². The van der Waals surface area contributed by atoms with Gasteiger partial charge >= 0.3 is 0 Å². The van der Waals surface area contributed by atoms with E-state index in [1.807, 2.05) is 18.2 Å². The average Bonchev–Trinajstić information content (AvgIpc) is 2.84. The molecule has 6 heteroatoms. The number of amides is 1. The van der Waals surface area contributed by atoms with Crippen molar-refractivity contribution in [2.24, 2.45) is 0 Å². The molecule has 0 radical (unpaired) electrons. The largest absolute Gasteiger partial charge is 0.508 e. The first-order valence-corrected chi connectivity index (χ1v) is 7.10. The number of benzene rings is 1. The monoisotopic (exact) mass is 315 g/mol. The lowest BCUT2D eigenvalue weighted by Crippen LogP contribution is -2.27. The van der Waals surface area contributed by atoms with Gasteiger partial charge in [0.2, 0.25) is 0 Å². The number of fused-ring (bicyclic) bond motifs is 1. The zero-order chi connectivity index (χ0) is 15.7. The Bertz CT molecular complexity index is 844. The molecular formula is C16H14ClN3O2. The fourth-order valence-electron chi connectivity index (χ4n) is 2.31. The summed E-state index contributed by atoms with van der Waals surface area (Å²) in [6, 6.07) is 12.3. The highest BCUT2D eigenvalue weighted by Gasteiger charge is 2.21. The number of hydrogen-bond acceptors (Lipinski definition) is 3. The Hall–Kier alpha value is -2.53. The van der Waals surface area contributed by atoms with Gasteiger partial charge in [0.1, 0.15) is 11.4 Å². The maximum Gasteiger partial charge on any atom is 0.274 e. The van der Waals surface area contributed by atoms with E-state index < -0.39 is 0 Å². The number of rotatable bonds is 3. The van der Waals surface area contributed by atoms with Gasteiger partial charge in [-0.3, -0.25) is 9.20 Å². The van der Waals surface area contributed by atoms with Crippen molar-refractivity contribution in [2.75, 3.05) is 7.05 Å². The highest BCUT2D eigenvalue weighted by Crippen LogP contribution is 2.22. The molecule has 0 aliphatic carbocycles. The van der Waals surface area contributed by atoms with E-state index in [1.54, 1.807) is 41.9 Å². The molecule has 0 saturated carbocycles. The van der Waals surface area contributed by atoms with Crippen molar-refractivity contribution in [1.82, 2.24) is 14.3 Å². The Balaban J connectivity index is 1.92. The van der Waals surface area contributed by atoms with E-state index in [0.29, 0.717) is 16.9 Å². The number of halogens is 1. The Kier molecular flexibility index (Phi) is 3.73. The van der Waals surface area contributed by atoms with Crippen molar-refractivity contribution in [2.45, 2.75) is 6.54 Å². The van der Waals surface area contributed by atoms with Crippen LogP contribution in [0, 0.1) is 0 Å². The summed E-state index contributed by atoms with van der Waals surface area (Å²) in [6.07, 6.45) is 1.75. The maximum absolute atomic E-state index is 12.7. The number of phenols is 1. The van der Waals surface area contributed by atoms with Gasteiger partial charge in [-0.1, -0.05) is 35.9 Å². The Morgan fingerprint density at radius 1 is 1.27 bits per heavy atom. The van der Waals surface area contributed by atoms with Crippen LogP contribution in [0.3, 0.4) is 0 Å². The molecule has 2 aromatic heterocycles. The van der Waals surface area contributed by atoms with Gasteiger partial charge in [-0.05, 0) is 18.2 Å². The van der Waals surface area contributed by atoms with Gasteiger partial charge in [0.05, 0.1) is 0 Å². The van der Waals surface area contributed by atoms with E-state index in [1.165, 1.54) is 4.90 Å². The zero-order valence-corrected chi connectivity index (χ0v) is 12.7. The number of phenolic OH excluding ortho intramolecular Hbond substituents is 1. The first-order valence-electron chi connectivity index (χ1n) is 6.73. The van der Waals surface area contributed by atoms with Crippen molar-refractivity contribution in [3.63, 3.8) is 0 Å². The molecule has 1 N–H and O–H groups in total. The molecule has 3 aromatic rings. The van der Waals surface area contributed by atoms with Crippen LogP contribution in [0.15, 0.2) is 48.7 Å². The first kappa shape index (κ1) is 14.4. The first-order chi connectivity index (χ1) is 10.6. The van der Waals surface area contributed by atoms with Gasteiger partial charge in [0.15, 0.2) is 10.8 Å². The molecule has 0 fully saturated rings. The molecule has 0 unspecified atom stereocenters. The minimum atomic E-state index is -0.257. The number of imidazole rings is 1. The molecule has 1 aromatic carbocycles. The third-order valence-corrected chi connectivity index (χ3v) is 3.70. The fraction of sp³-hybridized carbons (Fsp3) is 0.125.